The molecule has 0 aromatic heterocycles. The number of carbonyl (C=O) groups is 2. The summed E-state index contributed by atoms with van der Waals surface area (Å²) in [5, 5.41) is 0. The maximum Gasteiger partial charge on any atom is 0.334 e. The van der Waals surface area contributed by atoms with Gasteiger partial charge in [0.2, 0.25) is 0 Å². The maximum absolute atomic E-state index is 14.2. The van der Waals surface area contributed by atoms with E-state index in [0.717, 1.165) is 44.9 Å². The highest BCUT2D eigenvalue weighted by Gasteiger charge is 2.81. The summed E-state index contributed by atoms with van der Waals surface area (Å²) in [6.07, 6.45) is 8.10. The van der Waals surface area contributed by atoms with Crippen LogP contribution in [0.25, 0.3) is 0 Å². The third-order valence-electron chi connectivity index (χ3n) is 12.1. The molecule has 3 saturated heterocycles. The molecule has 3 aliphatic heterocycles. The minimum atomic E-state index is -0.579. The van der Waals surface area contributed by atoms with Crippen molar-refractivity contribution in [1.82, 2.24) is 0 Å². The zero-order chi connectivity index (χ0) is 24.3. The van der Waals surface area contributed by atoms with E-state index >= 15 is 0 Å². The Bertz CT molecular complexity index is 1240. The molecule has 0 aromatic rings. The lowest BCUT2D eigenvalue weighted by Gasteiger charge is -2.47. The quantitative estimate of drug-likeness (QED) is 0.215. The predicted molar refractivity (Wildman–Crippen MR) is 128 cm³/mol. The molecule has 0 N–H and O–H groups in total. The van der Waals surface area contributed by atoms with Gasteiger partial charge in [0, 0.05) is 28.7 Å². The second-order valence-electron chi connectivity index (χ2n) is 13.2. The third-order valence-corrected chi connectivity index (χ3v) is 12.1. The van der Waals surface area contributed by atoms with Crippen LogP contribution in [0.2, 0.25) is 0 Å². The van der Waals surface area contributed by atoms with Crippen molar-refractivity contribution in [2.75, 3.05) is 0 Å². The van der Waals surface area contributed by atoms with Crippen LogP contribution < -0.4 is 0 Å². The van der Waals surface area contributed by atoms with Crippen LogP contribution in [0.4, 0.5) is 0 Å². The summed E-state index contributed by atoms with van der Waals surface area (Å²) in [5.41, 5.74) is 4.22. The fraction of sp³-hybridized carbons (Fsp3) is 0.667. The second kappa shape index (κ2) is 5.88. The standard InChI is InChI=1S/C30H34O5/c1-14-6-7-18-16(3)25(31)33-23(18)22-20(14)17-12-27(22,4)29(13-17)19-9-10-28(5)30(35-28)11-8-15(2)21(30)24(19)34-26(29)32/h8,17-19,21,23-24H,1,3,6-7,9-13H2,2,4-5H3/t17-,18-,19+,21+,23-,24-,27+,28-,29-,30+/m0/s1. The highest BCUT2D eigenvalue weighted by Crippen LogP contribution is 2.78. The van der Waals surface area contributed by atoms with Gasteiger partial charge >= 0.3 is 11.9 Å². The number of fused-ring (bicyclic) bond motifs is 10. The number of hydrogen-bond acceptors (Lipinski definition) is 5. The number of epoxide rings is 1. The fourth-order valence-electron chi connectivity index (χ4n) is 10.5. The van der Waals surface area contributed by atoms with E-state index in [-0.39, 0.29) is 59.0 Å². The Morgan fingerprint density at radius 3 is 2.69 bits per heavy atom. The maximum atomic E-state index is 14.2. The molecule has 8 rings (SSSR count). The normalized spacial score (nSPS) is 55.0. The van der Waals surface area contributed by atoms with Gasteiger partial charge in [-0.15, -0.1) is 0 Å². The Kier molecular flexibility index (Phi) is 3.52. The first kappa shape index (κ1) is 21.0. The van der Waals surface area contributed by atoms with Gasteiger partial charge in [-0.3, -0.25) is 4.79 Å². The van der Waals surface area contributed by atoms with Crippen molar-refractivity contribution >= 4 is 11.9 Å². The van der Waals surface area contributed by atoms with Gasteiger partial charge < -0.3 is 14.2 Å². The van der Waals surface area contributed by atoms with Crippen LogP contribution in [0.15, 0.2) is 47.1 Å². The molecule has 2 bridgehead atoms. The Labute approximate surface area is 206 Å². The zero-order valence-electron chi connectivity index (χ0n) is 20.9. The number of hydrogen-bond donors (Lipinski definition) is 0. The number of carbonyl (C=O) groups excluding carboxylic acids is 2. The predicted octanol–water partition coefficient (Wildman–Crippen LogP) is 4.98. The topological polar surface area (TPSA) is 65.1 Å². The largest absolute Gasteiger partial charge is 0.461 e. The van der Waals surface area contributed by atoms with Gasteiger partial charge in [-0.1, -0.05) is 37.3 Å². The molecule has 2 spiro atoms. The summed E-state index contributed by atoms with van der Waals surface area (Å²) < 4.78 is 19.0. The molecule has 5 aliphatic carbocycles. The number of allylic oxidation sites excluding steroid dienone is 2. The van der Waals surface area contributed by atoms with Gasteiger partial charge in [-0.25, -0.2) is 4.79 Å². The molecule has 3 heterocycles. The summed E-state index contributed by atoms with van der Waals surface area (Å²) in [6, 6.07) is 0. The van der Waals surface area contributed by atoms with Crippen LogP contribution in [-0.4, -0.2) is 35.3 Å². The third kappa shape index (κ3) is 2.01. The van der Waals surface area contributed by atoms with E-state index < -0.39 is 10.8 Å². The Morgan fingerprint density at radius 2 is 1.89 bits per heavy atom. The van der Waals surface area contributed by atoms with Gasteiger partial charge in [0.05, 0.1) is 11.0 Å². The lowest BCUT2D eigenvalue weighted by atomic mass is 9.53. The molecule has 35 heavy (non-hydrogen) atoms. The SMILES string of the molecule is C=C1CC[C@H]2C(=C)C(=O)O[C@@H]2C2=C1[C@H]1C[C@@]2(C)[C@]2(C1)C(=O)O[C@@H]1[C@H]3C(C)=CC[C@@]34O[C@@]4(C)CC[C@H]12. The van der Waals surface area contributed by atoms with Crippen LogP contribution in [-0.2, 0) is 23.8 Å². The van der Waals surface area contributed by atoms with E-state index in [0.29, 0.717) is 5.57 Å². The first-order chi connectivity index (χ1) is 16.6. The molecular weight excluding hydrogens is 440 g/mol. The van der Waals surface area contributed by atoms with Crippen molar-refractivity contribution in [2.24, 2.45) is 34.5 Å². The molecule has 5 heteroatoms. The van der Waals surface area contributed by atoms with Gasteiger partial charge in [0.1, 0.15) is 17.8 Å². The Hall–Kier alpha value is -2.14. The van der Waals surface area contributed by atoms with E-state index in [9.17, 15) is 9.59 Å². The molecule has 0 unspecified atom stereocenters. The monoisotopic (exact) mass is 474 g/mol. The van der Waals surface area contributed by atoms with Crippen LogP contribution in [0.3, 0.4) is 0 Å². The first-order valence-electron chi connectivity index (χ1n) is 13.5. The molecule has 0 amide bonds. The fourth-order valence-corrected chi connectivity index (χ4v) is 10.5. The van der Waals surface area contributed by atoms with E-state index in [4.69, 9.17) is 14.2 Å². The average molecular weight is 475 g/mol. The molecular formula is C30H34O5. The van der Waals surface area contributed by atoms with E-state index in [1.54, 1.807) is 0 Å². The van der Waals surface area contributed by atoms with Crippen LogP contribution in [0.1, 0.15) is 65.7 Å². The van der Waals surface area contributed by atoms with E-state index in [1.807, 2.05) is 0 Å². The second-order valence-corrected chi connectivity index (χ2v) is 13.2. The number of ether oxygens (including phenoxy) is 3. The summed E-state index contributed by atoms with van der Waals surface area (Å²) in [4.78, 5) is 26.8. The molecule has 0 radical (unpaired) electrons. The molecule has 5 fully saturated rings. The summed E-state index contributed by atoms with van der Waals surface area (Å²) >= 11 is 0. The van der Waals surface area contributed by atoms with Crippen molar-refractivity contribution in [3.63, 3.8) is 0 Å². The van der Waals surface area contributed by atoms with Crippen molar-refractivity contribution in [2.45, 2.75) is 89.1 Å². The first-order valence-corrected chi connectivity index (χ1v) is 13.5. The van der Waals surface area contributed by atoms with Crippen molar-refractivity contribution in [1.29, 1.82) is 0 Å². The van der Waals surface area contributed by atoms with Crippen LogP contribution in [0, 0.1) is 34.5 Å². The lowest BCUT2D eigenvalue weighted by molar-refractivity contribution is -0.154. The average Bonchev–Trinajstić information content (AvgIpc) is 3.14. The zero-order valence-corrected chi connectivity index (χ0v) is 20.9. The van der Waals surface area contributed by atoms with Crippen molar-refractivity contribution in [3.8, 4) is 0 Å². The lowest BCUT2D eigenvalue weighted by Crippen LogP contribution is -2.50. The van der Waals surface area contributed by atoms with Gasteiger partial charge in [-0.2, -0.15) is 0 Å². The number of esters is 2. The molecule has 8 aliphatic rings. The van der Waals surface area contributed by atoms with Crippen molar-refractivity contribution in [3.05, 3.63) is 47.1 Å². The molecule has 5 nitrogen and oxygen atoms in total. The van der Waals surface area contributed by atoms with Gasteiger partial charge in [0.15, 0.2) is 0 Å². The summed E-state index contributed by atoms with van der Waals surface area (Å²) in [6.45, 7) is 15.3. The Morgan fingerprint density at radius 1 is 1.09 bits per heavy atom. The van der Waals surface area contributed by atoms with Crippen LogP contribution in [0.5, 0.6) is 0 Å². The van der Waals surface area contributed by atoms with Crippen LogP contribution >= 0.6 is 0 Å². The molecule has 2 saturated carbocycles. The van der Waals surface area contributed by atoms with Crippen molar-refractivity contribution < 1.29 is 23.8 Å². The highest BCUT2D eigenvalue weighted by molar-refractivity contribution is 5.92. The number of rotatable bonds is 0. The highest BCUT2D eigenvalue weighted by atomic mass is 16.6. The summed E-state index contributed by atoms with van der Waals surface area (Å²) in [7, 11) is 0. The summed E-state index contributed by atoms with van der Waals surface area (Å²) in [5.74, 6) is 0.230. The minimum Gasteiger partial charge on any atom is -0.461 e. The van der Waals surface area contributed by atoms with E-state index in [1.165, 1.54) is 22.3 Å². The molecule has 10 atom stereocenters. The minimum absolute atomic E-state index is 0.0226. The van der Waals surface area contributed by atoms with E-state index in [2.05, 4.69) is 40.0 Å². The molecule has 184 valence electrons. The van der Waals surface area contributed by atoms with Gasteiger partial charge in [0.25, 0.3) is 0 Å². The smallest absolute Gasteiger partial charge is 0.334 e. The Balaban J connectivity index is 1.29. The molecule has 0 aromatic carbocycles. The van der Waals surface area contributed by atoms with Gasteiger partial charge in [-0.05, 0) is 75.9 Å².